The Morgan fingerprint density at radius 2 is 1.73 bits per heavy atom. The standard InChI is InChI=1S/C26H26N4O2S/c1-17-9-11-20(12-10-17)24-21(16-30(28-24)22-7-5-4-6-8-22)13-23-25(31)27-26(33-23)29-14-18(2)32-19(3)15-29/h4-13,16,18-19H,14-15H2,1-3H3/b23-13-/t18-,19-/m1/s1. The molecule has 3 heterocycles. The van der Waals surface area contributed by atoms with E-state index in [2.05, 4.69) is 41.1 Å². The predicted octanol–water partition coefficient (Wildman–Crippen LogP) is 4.93. The molecule has 1 fully saturated rings. The van der Waals surface area contributed by atoms with Gasteiger partial charge in [-0.15, -0.1) is 0 Å². The number of nitrogens with zero attached hydrogens (tertiary/aromatic N) is 4. The van der Waals surface area contributed by atoms with Crippen molar-refractivity contribution in [2.24, 2.45) is 4.99 Å². The molecule has 0 bridgehead atoms. The topological polar surface area (TPSA) is 59.7 Å². The maximum absolute atomic E-state index is 12.8. The average molecular weight is 459 g/mol. The highest BCUT2D eigenvalue weighted by molar-refractivity contribution is 8.18. The van der Waals surface area contributed by atoms with E-state index in [1.54, 1.807) is 0 Å². The van der Waals surface area contributed by atoms with Gasteiger partial charge in [-0.05, 0) is 50.7 Å². The summed E-state index contributed by atoms with van der Waals surface area (Å²) in [6, 6.07) is 18.3. The number of ether oxygens (including phenoxy) is 1. The van der Waals surface area contributed by atoms with Gasteiger partial charge in [-0.1, -0.05) is 48.0 Å². The van der Waals surface area contributed by atoms with Crippen LogP contribution < -0.4 is 0 Å². The van der Waals surface area contributed by atoms with Crippen molar-refractivity contribution >= 4 is 28.9 Å². The molecule has 0 aliphatic carbocycles. The average Bonchev–Trinajstić information content (AvgIpc) is 3.38. The molecule has 0 saturated carbocycles. The number of hydrogen-bond donors (Lipinski definition) is 0. The number of morpholine rings is 1. The molecule has 0 unspecified atom stereocenters. The Bertz CT molecular complexity index is 1220. The summed E-state index contributed by atoms with van der Waals surface area (Å²) >= 11 is 1.43. The van der Waals surface area contributed by atoms with Crippen molar-refractivity contribution in [2.75, 3.05) is 13.1 Å². The lowest BCUT2D eigenvalue weighted by Gasteiger charge is -2.35. The maximum Gasteiger partial charge on any atom is 0.286 e. The fourth-order valence-electron chi connectivity index (χ4n) is 4.15. The second-order valence-electron chi connectivity index (χ2n) is 8.55. The highest BCUT2D eigenvalue weighted by Crippen LogP contribution is 2.34. The summed E-state index contributed by atoms with van der Waals surface area (Å²) in [5.41, 5.74) is 4.89. The number of benzene rings is 2. The monoisotopic (exact) mass is 458 g/mol. The molecule has 0 spiro atoms. The smallest absolute Gasteiger partial charge is 0.286 e. The SMILES string of the molecule is Cc1ccc(-c2nn(-c3ccccc3)cc2/C=C2\SC(N3C[C@@H](C)O[C@H](C)C3)=NC2=O)cc1. The summed E-state index contributed by atoms with van der Waals surface area (Å²) in [7, 11) is 0. The Morgan fingerprint density at radius 3 is 2.42 bits per heavy atom. The Hall–Kier alpha value is -3.16. The van der Waals surface area contributed by atoms with E-state index in [1.807, 2.05) is 61.1 Å². The van der Waals surface area contributed by atoms with E-state index in [0.29, 0.717) is 4.91 Å². The summed E-state index contributed by atoms with van der Waals surface area (Å²) in [5, 5.41) is 5.61. The van der Waals surface area contributed by atoms with Crippen LogP contribution >= 0.6 is 11.8 Å². The third kappa shape index (κ3) is 4.65. The van der Waals surface area contributed by atoms with Crippen molar-refractivity contribution in [2.45, 2.75) is 33.0 Å². The van der Waals surface area contributed by atoms with Crippen LogP contribution in [0.15, 0.2) is 70.7 Å². The molecule has 1 amide bonds. The zero-order valence-electron chi connectivity index (χ0n) is 18.9. The van der Waals surface area contributed by atoms with Crippen molar-refractivity contribution in [3.05, 3.63) is 76.8 Å². The van der Waals surface area contributed by atoms with Gasteiger partial charge in [-0.25, -0.2) is 4.68 Å². The second-order valence-corrected chi connectivity index (χ2v) is 9.56. The molecule has 6 nitrogen and oxygen atoms in total. The first-order chi connectivity index (χ1) is 16.0. The van der Waals surface area contributed by atoms with Gasteiger partial charge in [0.1, 0.15) is 0 Å². The van der Waals surface area contributed by atoms with Crippen LogP contribution in [0.25, 0.3) is 23.0 Å². The fourth-order valence-corrected chi connectivity index (χ4v) is 5.07. The van der Waals surface area contributed by atoms with Gasteiger partial charge >= 0.3 is 0 Å². The minimum absolute atomic E-state index is 0.109. The summed E-state index contributed by atoms with van der Waals surface area (Å²) < 4.78 is 7.69. The number of aromatic nitrogens is 2. The summed E-state index contributed by atoms with van der Waals surface area (Å²) in [6.07, 6.45) is 4.11. The highest BCUT2D eigenvalue weighted by Gasteiger charge is 2.31. The molecule has 2 aromatic carbocycles. The van der Waals surface area contributed by atoms with Crippen LogP contribution in [0.2, 0.25) is 0 Å². The first-order valence-electron chi connectivity index (χ1n) is 11.1. The summed E-state index contributed by atoms with van der Waals surface area (Å²) in [5.74, 6) is -0.205. The third-order valence-corrected chi connectivity index (χ3v) is 6.72. The molecule has 0 radical (unpaired) electrons. The van der Waals surface area contributed by atoms with Crippen LogP contribution in [-0.4, -0.2) is 51.1 Å². The molecule has 33 heavy (non-hydrogen) atoms. The number of thioether (sulfide) groups is 1. The van der Waals surface area contributed by atoms with Crippen molar-refractivity contribution in [3.63, 3.8) is 0 Å². The maximum atomic E-state index is 12.8. The van der Waals surface area contributed by atoms with Crippen molar-refractivity contribution in [3.8, 4) is 16.9 Å². The number of amidine groups is 1. The molecule has 0 N–H and O–H groups in total. The predicted molar refractivity (Wildman–Crippen MR) is 133 cm³/mol. The van der Waals surface area contributed by atoms with Crippen LogP contribution in [-0.2, 0) is 9.53 Å². The molecular weight excluding hydrogens is 432 g/mol. The van der Waals surface area contributed by atoms with E-state index < -0.39 is 0 Å². The van der Waals surface area contributed by atoms with Crippen LogP contribution in [0.5, 0.6) is 0 Å². The van der Waals surface area contributed by atoms with E-state index in [-0.39, 0.29) is 18.1 Å². The zero-order valence-corrected chi connectivity index (χ0v) is 19.7. The largest absolute Gasteiger partial charge is 0.372 e. The Labute approximate surface area is 198 Å². The fraction of sp³-hybridized carbons (Fsp3) is 0.269. The number of carbonyl (C=O) groups is 1. The number of aryl methyl sites for hydroxylation is 1. The molecule has 168 valence electrons. The highest BCUT2D eigenvalue weighted by atomic mass is 32.2. The summed E-state index contributed by atoms with van der Waals surface area (Å²) in [6.45, 7) is 7.63. The minimum Gasteiger partial charge on any atom is -0.372 e. The number of aliphatic imine (C=N–C) groups is 1. The second kappa shape index (κ2) is 9.00. The number of amides is 1. The van der Waals surface area contributed by atoms with Crippen LogP contribution in [0.1, 0.15) is 25.0 Å². The first kappa shape index (κ1) is 21.7. The van der Waals surface area contributed by atoms with Gasteiger partial charge in [0, 0.05) is 30.4 Å². The zero-order chi connectivity index (χ0) is 22.9. The first-order valence-corrected chi connectivity index (χ1v) is 11.9. The Kier molecular flexibility index (Phi) is 5.91. The molecule has 1 aromatic heterocycles. The van der Waals surface area contributed by atoms with Gasteiger partial charge in [0.05, 0.1) is 28.5 Å². The van der Waals surface area contributed by atoms with Gasteiger partial charge in [-0.3, -0.25) is 4.79 Å². The van der Waals surface area contributed by atoms with E-state index in [4.69, 9.17) is 9.84 Å². The Balaban J connectivity index is 1.49. The molecular formula is C26H26N4O2S. The molecule has 2 atom stereocenters. The molecule has 2 aliphatic heterocycles. The molecule has 3 aromatic rings. The lowest BCUT2D eigenvalue weighted by Crippen LogP contribution is -2.47. The van der Waals surface area contributed by atoms with Gasteiger partial charge in [0.25, 0.3) is 5.91 Å². The van der Waals surface area contributed by atoms with Crippen molar-refractivity contribution in [1.82, 2.24) is 14.7 Å². The quantitative estimate of drug-likeness (QED) is 0.521. The lowest BCUT2D eigenvalue weighted by molar-refractivity contribution is -0.113. The van der Waals surface area contributed by atoms with Crippen LogP contribution in [0, 0.1) is 6.92 Å². The van der Waals surface area contributed by atoms with E-state index in [0.717, 1.165) is 40.8 Å². The molecule has 7 heteroatoms. The van der Waals surface area contributed by atoms with Crippen molar-refractivity contribution < 1.29 is 9.53 Å². The van der Waals surface area contributed by atoms with E-state index in [1.165, 1.54) is 17.3 Å². The third-order valence-electron chi connectivity index (χ3n) is 5.67. The van der Waals surface area contributed by atoms with Crippen LogP contribution in [0.4, 0.5) is 0 Å². The lowest BCUT2D eigenvalue weighted by atomic mass is 10.1. The number of rotatable bonds is 3. The van der Waals surface area contributed by atoms with Crippen molar-refractivity contribution in [1.29, 1.82) is 0 Å². The Morgan fingerprint density at radius 1 is 1.03 bits per heavy atom. The number of hydrogen-bond acceptors (Lipinski definition) is 5. The van der Waals surface area contributed by atoms with E-state index in [9.17, 15) is 4.79 Å². The molecule has 5 rings (SSSR count). The minimum atomic E-state index is -0.205. The van der Waals surface area contributed by atoms with Gasteiger partial charge in [0.2, 0.25) is 0 Å². The number of carbonyl (C=O) groups excluding carboxylic acids is 1. The molecule has 2 aliphatic rings. The summed E-state index contributed by atoms with van der Waals surface area (Å²) in [4.78, 5) is 19.9. The molecule has 1 saturated heterocycles. The van der Waals surface area contributed by atoms with Crippen LogP contribution in [0.3, 0.4) is 0 Å². The van der Waals surface area contributed by atoms with Gasteiger partial charge < -0.3 is 9.64 Å². The normalized spacial score (nSPS) is 22.2. The van der Waals surface area contributed by atoms with Gasteiger partial charge in [-0.2, -0.15) is 10.1 Å². The van der Waals surface area contributed by atoms with E-state index >= 15 is 0 Å². The van der Waals surface area contributed by atoms with Gasteiger partial charge in [0.15, 0.2) is 5.17 Å². The number of para-hydroxylation sites is 1.